The molecule has 0 heterocycles. The average molecular weight is 264 g/mol. The molecule has 0 rings (SSSR count). The Morgan fingerprint density at radius 3 is 2.41 bits per heavy atom. The summed E-state index contributed by atoms with van der Waals surface area (Å²) in [7, 11) is 1.67. The van der Waals surface area contributed by atoms with Gasteiger partial charge in [0, 0.05) is 40.0 Å². The van der Waals surface area contributed by atoms with Crippen LogP contribution in [0.25, 0.3) is 0 Å². The van der Waals surface area contributed by atoms with E-state index in [0.29, 0.717) is 19.2 Å². The van der Waals surface area contributed by atoms with Crippen molar-refractivity contribution >= 4 is 9.53 Å². The van der Waals surface area contributed by atoms with Crippen LogP contribution in [0.2, 0.25) is 0 Å². The SMILES string of the molecule is CO[Si](OC)OCCC(C)NC(C)NCCN. The maximum absolute atomic E-state index is 5.45. The van der Waals surface area contributed by atoms with Gasteiger partial charge in [-0.3, -0.25) is 5.32 Å². The zero-order valence-corrected chi connectivity index (χ0v) is 12.3. The van der Waals surface area contributed by atoms with Crippen molar-refractivity contribution in [3.05, 3.63) is 0 Å². The van der Waals surface area contributed by atoms with Crippen molar-refractivity contribution in [1.29, 1.82) is 0 Å². The molecule has 7 heteroatoms. The molecule has 4 N–H and O–H groups in total. The summed E-state index contributed by atoms with van der Waals surface area (Å²) in [4.78, 5) is 0. The molecule has 0 aliphatic heterocycles. The van der Waals surface area contributed by atoms with Crippen molar-refractivity contribution < 1.29 is 13.3 Å². The Balaban J connectivity index is 3.54. The van der Waals surface area contributed by atoms with E-state index in [1.807, 2.05) is 0 Å². The highest BCUT2D eigenvalue weighted by molar-refractivity contribution is 6.36. The molecule has 0 saturated heterocycles. The van der Waals surface area contributed by atoms with Gasteiger partial charge >= 0.3 is 9.53 Å². The molecule has 6 nitrogen and oxygen atoms in total. The van der Waals surface area contributed by atoms with Gasteiger partial charge in [0.2, 0.25) is 0 Å². The van der Waals surface area contributed by atoms with Crippen molar-refractivity contribution in [2.75, 3.05) is 33.9 Å². The lowest BCUT2D eigenvalue weighted by Gasteiger charge is -2.21. The molecule has 1 radical (unpaired) electrons. The van der Waals surface area contributed by atoms with Gasteiger partial charge in [0.15, 0.2) is 0 Å². The van der Waals surface area contributed by atoms with Gasteiger partial charge in [0.1, 0.15) is 0 Å². The van der Waals surface area contributed by atoms with Crippen molar-refractivity contribution in [1.82, 2.24) is 10.6 Å². The van der Waals surface area contributed by atoms with Gasteiger partial charge in [-0.25, -0.2) is 0 Å². The van der Waals surface area contributed by atoms with E-state index < -0.39 is 9.53 Å². The molecule has 2 unspecified atom stereocenters. The summed E-state index contributed by atoms with van der Waals surface area (Å²) in [6.45, 7) is 6.30. The first-order valence-corrected chi connectivity index (χ1v) is 7.13. The lowest BCUT2D eigenvalue weighted by Crippen LogP contribution is -2.46. The van der Waals surface area contributed by atoms with Crippen LogP contribution in [0.3, 0.4) is 0 Å². The van der Waals surface area contributed by atoms with E-state index in [1.165, 1.54) is 0 Å². The molecule has 2 atom stereocenters. The van der Waals surface area contributed by atoms with E-state index in [2.05, 4.69) is 24.5 Å². The maximum atomic E-state index is 5.45. The monoisotopic (exact) mass is 264 g/mol. The normalized spacial score (nSPS) is 15.2. The van der Waals surface area contributed by atoms with E-state index >= 15 is 0 Å². The molecule has 0 fully saturated rings. The van der Waals surface area contributed by atoms with Crippen molar-refractivity contribution in [2.45, 2.75) is 32.5 Å². The Kier molecular flexibility index (Phi) is 11.1. The second kappa shape index (κ2) is 11.1. The fourth-order valence-electron chi connectivity index (χ4n) is 1.39. The zero-order valence-electron chi connectivity index (χ0n) is 11.3. The summed E-state index contributed by atoms with van der Waals surface area (Å²) >= 11 is 0. The molecule has 0 amide bonds. The van der Waals surface area contributed by atoms with Crippen LogP contribution in [0.15, 0.2) is 0 Å². The molecule has 103 valence electrons. The lowest BCUT2D eigenvalue weighted by molar-refractivity contribution is 0.130. The molecule has 0 aromatic rings. The molecular formula is C10H26N3O3Si. The van der Waals surface area contributed by atoms with E-state index in [9.17, 15) is 0 Å². The lowest BCUT2D eigenvalue weighted by atomic mass is 10.2. The quantitative estimate of drug-likeness (QED) is 0.346. The standard InChI is InChI=1S/C10H26N3O3Si/c1-9(13-10(2)12-7-6-11)5-8-16-17(14-3)15-4/h9-10,12-13H,5-8,11H2,1-4H3. The van der Waals surface area contributed by atoms with Crippen LogP contribution < -0.4 is 16.4 Å². The summed E-state index contributed by atoms with van der Waals surface area (Å²) in [6.07, 6.45) is 1.17. The number of hydrogen-bond acceptors (Lipinski definition) is 6. The highest BCUT2D eigenvalue weighted by atomic mass is 28.3. The number of hydrogen-bond donors (Lipinski definition) is 3. The molecule has 0 bridgehead atoms. The van der Waals surface area contributed by atoms with Gasteiger partial charge in [-0.2, -0.15) is 0 Å². The van der Waals surface area contributed by atoms with Crippen LogP contribution in [0, 0.1) is 0 Å². The Labute approximate surface area is 106 Å². The summed E-state index contributed by atoms with van der Waals surface area (Å²) in [5.74, 6) is 0. The van der Waals surface area contributed by atoms with E-state index in [4.69, 9.17) is 19.0 Å². The van der Waals surface area contributed by atoms with Crippen LogP contribution in [0.4, 0.5) is 0 Å². The van der Waals surface area contributed by atoms with Gasteiger partial charge < -0.3 is 24.3 Å². The first kappa shape index (κ1) is 17.0. The Morgan fingerprint density at radius 1 is 1.24 bits per heavy atom. The van der Waals surface area contributed by atoms with Gasteiger partial charge in [-0.1, -0.05) is 0 Å². The van der Waals surface area contributed by atoms with Crippen LogP contribution >= 0.6 is 0 Å². The average Bonchev–Trinajstić information content (AvgIpc) is 2.32. The second-order valence-corrected chi connectivity index (χ2v) is 5.43. The minimum absolute atomic E-state index is 0.253. The highest BCUT2D eigenvalue weighted by Gasteiger charge is 2.15. The largest absolute Gasteiger partial charge is 0.577 e. The smallest absolute Gasteiger partial charge is 0.375 e. The van der Waals surface area contributed by atoms with E-state index in [-0.39, 0.29) is 6.17 Å². The summed E-state index contributed by atoms with van der Waals surface area (Å²) in [5.41, 5.74) is 5.42. The molecule has 0 aliphatic rings. The maximum Gasteiger partial charge on any atom is 0.577 e. The Bertz CT molecular complexity index is 173. The minimum Gasteiger partial charge on any atom is -0.375 e. The molecule has 0 aliphatic carbocycles. The molecule has 0 aromatic heterocycles. The van der Waals surface area contributed by atoms with Gasteiger partial charge in [0.05, 0.1) is 6.17 Å². The first-order valence-electron chi connectivity index (χ1n) is 5.91. The predicted octanol–water partition coefficient (Wildman–Crippen LogP) is -0.457. The van der Waals surface area contributed by atoms with E-state index in [1.54, 1.807) is 14.2 Å². The zero-order chi connectivity index (χ0) is 13.1. The molecule has 0 aromatic carbocycles. The molecule has 0 saturated carbocycles. The molecule has 17 heavy (non-hydrogen) atoms. The van der Waals surface area contributed by atoms with Gasteiger partial charge in [0.25, 0.3) is 0 Å². The first-order chi connectivity index (χ1) is 8.13. The Morgan fingerprint density at radius 2 is 1.88 bits per heavy atom. The highest BCUT2D eigenvalue weighted by Crippen LogP contribution is 1.96. The third kappa shape index (κ3) is 9.66. The van der Waals surface area contributed by atoms with Crippen molar-refractivity contribution in [3.63, 3.8) is 0 Å². The van der Waals surface area contributed by atoms with Crippen LogP contribution in [-0.4, -0.2) is 55.7 Å². The van der Waals surface area contributed by atoms with Crippen LogP contribution in [-0.2, 0) is 13.3 Å². The number of nitrogens with one attached hydrogen (secondary N) is 2. The van der Waals surface area contributed by atoms with Gasteiger partial charge in [-0.15, -0.1) is 0 Å². The second-order valence-electron chi connectivity index (χ2n) is 3.83. The van der Waals surface area contributed by atoms with Crippen molar-refractivity contribution in [3.8, 4) is 0 Å². The fraction of sp³-hybridized carbons (Fsp3) is 1.00. The van der Waals surface area contributed by atoms with Crippen LogP contribution in [0.1, 0.15) is 20.3 Å². The summed E-state index contributed by atoms with van der Waals surface area (Å²) < 4.78 is 15.5. The molecular weight excluding hydrogens is 238 g/mol. The third-order valence-corrected chi connectivity index (χ3v) is 3.34. The topological polar surface area (TPSA) is 77.8 Å². The fourth-order valence-corrected chi connectivity index (χ4v) is 2.08. The molecule has 0 spiro atoms. The van der Waals surface area contributed by atoms with Crippen molar-refractivity contribution in [2.24, 2.45) is 5.73 Å². The minimum atomic E-state index is -1.52. The number of rotatable bonds is 11. The van der Waals surface area contributed by atoms with E-state index in [0.717, 1.165) is 13.0 Å². The van der Waals surface area contributed by atoms with Gasteiger partial charge in [-0.05, 0) is 20.3 Å². The van der Waals surface area contributed by atoms with Crippen LogP contribution in [0.5, 0.6) is 0 Å². The summed E-state index contributed by atoms with van der Waals surface area (Å²) in [5, 5.41) is 6.67. The predicted molar refractivity (Wildman–Crippen MR) is 69.5 cm³/mol. The Hall–Kier alpha value is -0.0231. The number of nitrogens with two attached hydrogens (primary N) is 1. The summed E-state index contributed by atoms with van der Waals surface area (Å²) in [6, 6.07) is 0.368. The third-order valence-electron chi connectivity index (χ3n) is 2.23.